The molecule has 0 aliphatic heterocycles. The van der Waals surface area contributed by atoms with Crippen LogP contribution in [0.15, 0.2) is 24.3 Å². The van der Waals surface area contributed by atoms with Gasteiger partial charge in [-0.1, -0.05) is 45.7 Å². The summed E-state index contributed by atoms with van der Waals surface area (Å²) in [5.41, 5.74) is 2.44. The van der Waals surface area contributed by atoms with E-state index in [0.717, 1.165) is 12.0 Å². The highest BCUT2D eigenvalue weighted by molar-refractivity contribution is 5.31. The van der Waals surface area contributed by atoms with E-state index in [1.807, 2.05) is 12.1 Å². The van der Waals surface area contributed by atoms with Crippen LogP contribution in [0.25, 0.3) is 0 Å². The molecular formula is C15H21N. The minimum Gasteiger partial charge on any atom is -0.192 e. The van der Waals surface area contributed by atoms with Crippen molar-refractivity contribution < 1.29 is 0 Å². The van der Waals surface area contributed by atoms with Gasteiger partial charge in [0.1, 0.15) is 0 Å². The van der Waals surface area contributed by atoms with E-state index in [0.29, 0.717) is 5.41 Å². The van der Waals surface area contributed by atoms with Gasteiger partial charge in [-0.15, -0.1) is 0 Å². The molecule has 0 unspecified atom stereocenters. The minimum atomic E-state index is 0.365. The van der Waals surface area contributed by atoms with E-state index in [1.165, 1.54) is 24.8 Å². The molecule has 1 nitrogen and oxygen atoms in total. The van der Waals surface area contributed by atoms with Gasteiger partial charge >= 0.3 is 0 Å². The largest absolute Gasteiger partial charge is 0.192 e. The second-order valence-electron chi connectivity index (χ2n) is 5.25. The van der Waals surface area contributed by atoms with Crippen LogP contribution in [0.4, 0.5) is 0 Å². The highest BCUT2D eigenvalue weighted by Gasteiger charge is 2.17. The van der Waals surface area contributed by atoms with E-state index in [-0.39, 0.29) is 0 Å². The molecule has 0 saturated carbocycles. The molecule has 16 heavy (non-hydrogen) atoms. The van der Waals surface area contributed by atoms with Crippen molar-refractivity contribution in [1.29, 1.82) is 5.26 Å². The van der Waals surface area contributed by atoms with Gasteiger partial charge in [0.2, 0.25) is 0 Å². The molecule has 1 aromatic rings. The summed E-state index contributed by atoms with van der Waals surface area (Å²) >= 11 is 0. The van der Waals surface area contributed by atoms with Crippen LogP contribution in [0.5, 0.6) is 0 Å². The number of hydrogen-bond donors (Lipinski definition) is 0. The minimum absolute atomic E-state index is 0.365. The van der Waals surface area contributed by atoms with Crippen molar-refractivity contribution in [2.45, 2.75) is 46.5 Å². The zero-order valence-corrected chi connectivity index (χ0v) is 10.6. The van der Waals surface area contributed by atoms with Crippen molar-refractivity contribution in [2.75, 3.05) is 0 Å². The zero-order valence-electron chi connectivity index (χ0n) is 10.6. The maximum absolute atomic E-state index is 8.73. The van der Waals surface area contributed by atoms with Gasteiger partial charge in [-0.2, -0.15) is 5.26 Å². The topological polar surface area (TPSA) is 23.8 Å². The summed E-state index contributed by atoms with van der Waals surface area (Å²) in [7, 11) is 0. The number of nitriles is 1. The first-order valence-corrected chi connectivity index (χ1v) is 6.06. The lowest BCUT2D eigenvalue weighted by molar-refractivity contribution is 0.321. The highest BCUT2D eigenvalue weighted by atomic mass is 14.2. The normalized spacial score (nSPS) is 11.1. The van der Waals surface area contributed by atoms with Gasteiger partial charge in [0.05, 0.1) is 11.6 Å². The van der Waals surface area contributed by atoms with Crippen LogP contribution >= 0.6 is 0 Å². The van der Waals surface area contributed by atoms with E-state index >= 15 is 0 Å². The summed E-state index contributed by atoms with van der Waals surface area (Å²) in [4.78, 5) is 0. The lowest BCUT2D eigenvalue weighted by Crippen LogP contribution is -2.14. The molecule has 1 heteroatoms. The summed E-state index contributed by atoms with van der Waals surface area (Å²) in [5.74, 6) is 0. The summed E-state index contributed by atoms with van der Waals surface area (Å²) in [6.07, 6.45) is 4.92. The molecule has 0 radical (unpaired) electrons. The molecule has 0 spiro atoms. The fraction of sp³-hybridized carbons (Fsp3) is 0.533. The Kier molecular flexibility index (Phi) is 4.55. The molecular weight excluding hydrogens is 194 g/mol. The van der Waals surface area contributed by atoms with Crippen LogP contribution in [-0.2, 0) is 6.42 Å². The van der Waals surface area contributed by atoms with Crippen LogP contribution in [0.2, 0.25) is 0 Å². The first kappa shape index (κ1) is 12.8. The number of nitrogens with zero attached hydrogens (tertiary/aromatic N) is 1. The number of hydrogen-bond acceptors (Lipinski definition) is 1. The second kappa shape index (κ2) is 5.70. The number of rotatable bonds is 5. The summed E-state index contributed by atoms with van der Waals surface area (Å²) in [6, 6.07) is 10.1. The van der Waals surface area contributed by atoms with E-state index in [2.05, 4.69) is 39.0 Å². The molecule has 0 heterocycles. The molecule has 0 N–H and O–H groups in total. The molecule has 0 aliphatic carbocycles. The average Bonchev–Trinajstić information content (AvgIpc) is 2.27. The maximum atomic E-state index is 8.73. The van der Waals surface area contributed by atoms with Crippen molar-refractivity contribution in [2.24, 2.45) is 5.41 Å². The fourth-order valence-electron chi connectivity index (χ4n) is 1.99. The first-order valence-electron chi connectivity index (χ1n) is 6.06. The number of unbranched alkanes of at least 4 members (excludes halogenated alkanes) is 1. The summed E-state index contributed by atoms with van der Waals surface area (Å²) < 4.78 is 0. The zero-order chi connectivity index (χ0) is 12.0. The average molecular weight is 215 g/mol. The Balaban J connectivity index is 2.61. The van der Waals surface area contributed by atoms with Gasteiger partial charge in [-0.25, -0.2) is 0 Å². The molecule has 0 aromatic heterocycles. The van der Waals surface area contributed by atoms with Gasteiger partial charge in [-0.05, 0) is 36.0 Å². The second-order valence-corrected chi connectivity index (χ2v) is 5.25. The predicted octanol–water partition coefficient (Wildman–Crippen LogP) is 4.32. The van der Waals surface area contributed by atoms with Gasteiger partial charge in [0.15, 0.2) is 0 Å². The van der Waals surface area contributed by atoms with Crippen LogP contribution in [0, 0.1) is 16.7 Å². The van der Waals surface area contributed by atoms with Crippen LogP contribution in [0.1, 0.15) is 51.2 Å². The molecule has 0 amide bonds. The quantitative estimate of drug-likeness (QED) is 0.717. The van der Waals surface area contributed by atoms with Crippen LogP contribution in [-0.4, -0.2) is 0 Å². The Hall–Kier alpha value is -1.29. The standard InChI is InChI=1S/C15H21N/c1-4-5-10-15(2,3)11-13-6-8-14(12-16)9-7-13/h6-9H,4-5,10-11H2,1-3H3. The molecule has 0 aliphatic rings. The Labute approximate surface area is 99.1 Å². The Morgan fingerprint density at radius 2 is 1.81 bits per heavy atom. The Morgan fingerprint density at radius 1 is 1.19 bits per heavy atom. The monoisotopic (exact) mass is 215 g/mol. The maximum Gasteiger partial charge on any atom is 0.0991 e. The summed E-state index contributed by atoms with van der Waals surface area (Å²) in [5, 5.41) is 8.73. The van der Waals surface area contributed by atoms with E-state index in [4.69, 9.17) is 5.26 Å². The summed E-state index contributed by atoms with van der Waals surface area (Å²) in [6.45, 7) is 6.87. The fourth-order valence-corrected chi connectivity index (χ4v) is 1.99. The van der Waals surface area contributed by atoms with Crippen LogP contribution in [0.3, 0.4) is 0 Å². The Morgan fingerprint density at radius 3 is 2.31 bits per heavy atom. The lowest BCUT2D eigenvalue weighted by Gasteiger charge is -2.24. The third-order valence-electron chi connectivity index (χ3n) is 2.97. The van der Waals surface area contributed by atoms with E-state index in [1.54, 1.807) is 0 Å². The molecule has 0 bridgehead atoms. The van der Waals surface area contributed by atoms with Gasteiger partial charge in [-0.3, -0.25) is 0 Å². The van der Waals surface area contributed by atoms with Crippen molar-refractivity contribution in [3.63, 3.8) is 0 Å². The van der Waals surface area contributed by atoms with Gasteiger partial charge < -0.3 is 0 Å². The third kappa shape index (κ3) is 4.06. The first-order chi connectivity index (χ1) is 7.57. The Bertz CT molecular complexity index is 354. The SMILES string of the molecule is CCCCC(C)(C)Cc1ccc(C#N)cc1. The van der Waals surface area contributed by atoms with Crippen molar-refractivity contribution in [3.05, 3.63) is 35.4 Å². The van der Waals surface area contributed by atoms with Crippen molar-refractivity contribution in [1.82, 2.24) is 0 Å². The smallest absolute Gasteiger partial charge is 0.0991 e. The van der Waals surface area contributed by atoms with Crippen molar-refractivity contribution in [3.8, 4) is 6.07 Å². The molecule has 86 valence electrons. The van der Waals surface area contributed by atoms with Gasteiger partial charge in [0, 0.05) is 0 Å². The molecule has 1 aromatic carbocycles. The molecule has 1 rings (SSSR count). The number of benzene rings is 1. The van der Waals surface area contributed by atoms with Crippen molar-refractivity contribution >= 4 is 0 Å². The third-order valence-corrected chi connectivity index (χ3v) is 2.97. The molecule has 0 saturated heterocycles. The van der Waals surface area contributed by atoms with E-state index < -0.39 is 0 Å². The van der Waals surface area contributed by atoms with E-state index in [9.17, 15) is 0 Å². The van der Waals surface area contributed by atoms with Gasteiger partial charge in [0.25, 0.3) is 0 Å². The lowest BCUT2D eigenvalue weighted by atomic mass is 9.81. The molecule has 0 fully saturated rings. The molecule has 0 atom stereocenters. The predicted molar refractivity (Wildman–Crippen MR) is 68.2 cm³/mol. The highest BCUT2D eigenvalue weighted by Crippen LogP contribution is 2.28. The van der Waals surface area contributed by atoms with Crippen LogP contribution < -0.4 is 0 Å².